The summed E-state index contributed by atoms with van der Waals surface area (Å²) >= 11 is 0. The molecule has 4 aromatic heterocycles. The monoisotopic (exact) mass is 670 g/mol. The molecule has 246 valence electrons. The summed E-state index contributed by atoms with van der Waals surface area (Å²) in [6.45, 7) is 5.03. The number of benzene rings is 6. The molecule has 5 heterocycles. The second-order valence-electron chi connectivity index (χ2n) is 13.2. The van der Waals surface area contributed by atoms with Crippen LogP contribution < -0.4 is 4.74 Å². The van der Waals surface area contributed by atoms with Crippen LogP contribution in [0.4, 0.5) is 0 Å². The molecule has 11 rings (SSSR count). The smallest absolute Gasteiger partial charge is 0.220 e. The molecule has 0 atom stereocenters. The van der Waals surface area contributed by atoms with Crippen LogP contribution in [0.3, 0.4) is 0 Å². The molecule has 1 aliphatic rings. The maximum atomic E-state index is 6.34. The van der Waals surface area contributed by atoms with Crippen molar-refractivity contribution in [2.45, 2.75) is 0 Å². The average Bonchev–Trinajstić information content (AvgIpc) is 3.93. The highest BCUT2D eigenvalue weighted by atomic mass is 16.5. The molecule has 0 radical (unpaired) electrons. The first-order chi connectivity index (χ1) is 25.7. The molecule has 0 saturated heterocycles. The van der Waals surface area contributed by atoms with E-state index >= 15 is 0 Å². The van der Waals surface area contributed by atoms with Crippen molar-refractivity contribution in [2.75, 3.05) is 6.61 Å². The lowest BCUT2D eigenvalue weighted by atomic mass is 9.98. The normalized spacial score (nSPS) is 15.2. The summed E-state index contributed by atoms with van der Waals surface area (Å²) in [5.74, 6) is 2.54. The molecule has 0 amide bonds. The van der Waals surface area contributed by atoms with E-state index in [0.29, 0.717) is 6.61 Å². The molecule has 10 aromatic rings. The van der Waals surface area contributed by atoms with Gasteiger partial charge in [-0.1, -0.05) is 73.3 Å². The summed E-state index contributed by atoms with van der Waals surface area (Å²) in [5, 5.41) is 0. The Balaban J connectivity index is 1.05. The first-order valence-electron chi connectivity index (χ1n) is 17.4. The minimum atomic E-state index is 0.433. The summed E-state index contributed by atoms with van der Waals surface area (Å²) in [4.78, 5) is 10.2. The summed E-state index contributed by atoms with van der Waals surface area (Å²) in [7, 11) is 0. The minimum absolute atomic E-state index is 0.433. The van der Waals surface area contributed by atoms with Crippen LogP contribution in [0.15, 0.2) is 164 Å². The summed E-state index contributed by atoms with van der Waals surface area (Å²) in [5.41, 5.74) is 14.4. The van der Waals surface area contributed by atoms with E-state index in [2.05, 4.69) is 164 Å². The van der Waals surface area contributed by atoms with Gasteiger partial charge in [-0.2, -0.15) is 0 Å². The van der Waals surface area contributed by atoms with E-state index in [4.69, 9.17) is 14.7 Å². The number of ether oxygens (including phenoxy) is 1. The molecular formula is C45H30N6O. The topological polar surface area (TPSA) is 53.7 Å². The van der Waals surface area contributed by atoms with Crippen molar-refractivity contribution in [1.82, 2.24) is 27.9 Å². The third kappa shape index (κ3) is 4.13. The third-order valence-corrected chi connectivity index (χ3v) is 10.2. The third-order valence-electron chi connectivity index (χ3n) is 10.2. The first kappa shape index (κ1) is 28.7. The molecule has 7 heteroatoms. The Morgan fingerprint density at radius 2 is 1.10 bits per heavy atom. The van der Waals surface area contributed by atoms with Crippen molar-refractivity contribution < 1.29 is 4.74 Å². The fourth-order valence-corrected chi connectivity index (χ4v) is 7.88. The largest absolute Gasteiger partial charge is 0.489 e. The van der Waals surface area contributed by atoms with Crippen LogP contribution in [0.2, 0.25) is 0 Å². The van der Waals surface area contributed by atoms with E-state index in [9.17, 15) is 0 Å². The zero-order chi connectivity index (χ0) is 34.3. The molecule has 0 aliphatic carbocycles. The van der Waals surface area contributed by atoms with Gasteiger partial charge in [-0.15, -0.1) is 0 Å². The Morgan fingerprint density at radius 1 is 0.538 bits per heavy atom. The Hall–Kier alpha value is -7.12. The average molecular weight is 671 g/mol. The second-order valence-corrected chi connectivity index (χ2v) is 13.2. The molecule has 7 nitrogen and oxygen atoms in total. The molecule has 6 aromatic carbocycles. The van der Waals surface area contributed by atoms with Crippen LogP contribution in [-0.4, -0.2) is 34.5 Å². The highest BCUT2D eigenvalue weighted by molar-refractivity contribution is 5.95. The van der Waals surface area contributed by atoms with Crippen molar-refractivity contribution in [2.24, 2.45) is 0 Å². The van der Waals surface area contributed by atoms with E-state index in [1.165, 1.54) is 0 Å². The maximum absolute atomic E-state index is 6.34. The predicted octanol–water partition coefficient (Wildman–Crippen LogP) is 10.2. The van der Waals surface area contributed by atoms with Gasteiger partial charge in [-0.25, -0.2) is 9.97 Å². The van der Waals surface area contributed by atoms with E-state index in [1.54, 1.807) is 0 Å². The molecule has 1 aliphatic heterocycles. The Bertz CT molecular complexity index is 3160. The summed E-state index contributed by atoms with van der Waals surface area (Å²) < 4.78 is 15.3. The predicted molar refractivity (Wildman–Crippen MR) is 211 cm³/mol. The SMILES string of the molecule is C=C1/C=C(c2cccc(-n3c4ccccc4n4c5ccccc5nc34)c2)\C=C/COc2ccc(-n3c4ccccc4n4c5ccccc5nc34)cc21. The summed E-state index contributed by atoms with van der Waals surface area (Å²) in [6, 6.07) is 48.5. The fourth-order valence-electron chi connectivity index (χ4n) is 7.88. The van der Waals surface area contributed by atoms with Crippen molar-refractivity contribution in [1.29, 1.82) is 0 Å². The number of para-hydroxylation sites is 8. The lowest BCUT2D eigenvalue weighted by Crippen LogP contribution is -2.00. The summed E-state index contributed by atoms with van der Waals surface area (Å²) in [6.07, 6.45) is 6.36. The van der Waals surface area contributed by atoms with Gasteiger partial charge in [0.25, 0.3) is 0 Å². The van der Waals surface area contributed by atoms with Crippen molar-refractivity contribution in [3.8, 4) is 17.1 Å². The molecule has 0 saturated carbocycles. The van der Waals surface area contributed by atoms with Gasteiger partial charge in [0.2, 0.25) is 11.6 Å². The lowest BCUT2D eigenvalue weighted by Gasteiger charge is -2.14. The minimum Gasteiger partial charge on any atom is -0.489 e. The zero-order valence-electron chi connectivity index (χ0n) is 28.0. The lowest BCUT2D eigenvalue weighted by molar-refractivity contribution is 0.362. The van der Waals surface area contributed by atoms with Crippen LogP contribution in [-0.2, 0) is 0 Å². The van der Waals surface area contributed by atoms with Crippen molar-refractivity contribution in [3.63, 3.8) is 0 Å². The molecular weight excluding hydrogens is 641 g/mol. The van der Waals surface area contributed by atoms with Crippen LogP contribution in [0.25, 0.3) is 78.2 Å². The molecule has 0 unspecified atom stereocenters. The van der Waals surface area contributed by atoms with Gasteiger partial charge >= 0.3 is 0 Å². The highest BCUT2D eigenvalue weighted by Gasteiger charge is 2.20. The van der Waals surface area contributed by atoms with Crippen LogP contribution in [0, 0.1) is 0 Å². The van der Waals surface area contributed by atoms with Crippen molar-refractivity contribution >= 4 is 66.8 Å². The molecule has 0 bridgehead atoms. The van der Waals surface area contributed by atoms with E-state index < -0.39 is 0 Å². The van der Waals surface area contributed by atoms with Gasteiger partial charge < -0.3 is 4.74 Å². The number of nitrogens with zero attached hydrogens (tertiary/aromatic N) is 6. The number of hydrogen-bond donors (Lipinski definition) is 0. The fraction of sp³-hybridized carbons (Fsp3) is 0.0222. The van der Waals surface area contributed by atoms with Gasteiger partial charge in [-0.3, -0.25) is 17.9 Å². The van der Waals surface area contributed by atoms with Gasteiger partial charge in [0.1, 0.15) is 12.4 Å². The van der Waals surface area contributed by atoms with Crippen LogP contribution >= 0.6 is 0 Å². The Kier molecular flexibility index (Phi) is 6.04. The standard InChI is InChI=1S/C45H30N6O/c1-29-26-30(31-12-10-14-32(27-31)48-39-19-6-8-21-41(39)50-37-17-4-2-15-35(37)46-44(48)50)13-11-25-52-43-24-23-33(28-34(29)43)49-40-20-7-9-22-42(40)51-38-18-5-3-16-36(38)47-45(49)51/h2-24,26-28H,1,25H2/b13-11-,30-26+. The number of fused-ring (bicyclic) bond motifs is 11. The van der Waals surface area contributed by atoms with Gasteiger partial charge in [0.05, 0.1) is 49.8 Å². The zero-order valence-corrected chi connectivity index (χ0v) is 28.0. The van der Waals surface area contributed by atoms with E-state index in [-0.39, 0.29) is 0 Å². The highest BCUT2D eigenvalue weighted by Crippen LogP contribution is 2.36. The van der Waals surface area contributed by atoms with Gasteiger partial charge in [0.15, 0.2) is 0 Å². The maximum Gasteiger partial charge on any atom is 0.220 e. The molecule has 0 spiro atoms. The van der Waals surface area contributed by atoms with E-state index in [1.807, 2.05) is 18.2 Å². The second kappa shape index (κ2) is 10.9. The van der Waals surface area contributed by atoms with E-state index in [0.717, 1.165) is 95.1 Å². The van der Waals surface area contributed by atoms with Crippen molar-refractivity contribution in [3.05, 3.63) is 175 Å². The van der Waals surface area contributed by atoms with Gasteiger partial charge in [-0.05, 0) is 108 Å². The number of aromatic nitrogens is 6. The number of rotatable bonds is 3. The number of allylic oxidation sites excluding steroid dienone is 4. The molecule has 52 heavy (non-hydrogen) atoms. The Morgan fingerprint density at radius 3 is 1.73 bits per heavy atom. The number of hydrogen-bond acceptors (Lipinski definition) is 3. The Labute approximate surface area is 297 Å². The van der Waals surface area contributed by atoms with Gasteiger partial charge in [0, 0.05) is 11.3 Å². The molecule has 0 N–H and O–H groups in total. The van der Waals surface area contributed by atoms with Crippen LogP contribution in [0.1, 0.15) is 11.1 Å². The quantitative estimate of drug-likeness (QED) is 0.188. The first-order valence-corrected chi connectivity index (χ1v) is 17.4. The molecule has 0 fully saturated rings. The number of imidazole rings is 4. The van der Waals surface area contributed by atoms with Crippen LogP contribution in [0.5, 0.6) is 5.75 Å².